The normalized spacial score (nSPS) is 10.1. The maximum Gasteiger partial charge on any atom is 0.257 e. The number of rotatable bonds is 5. The first kappa shape index (κ1) is 17.1. The molecule has 0 aliphatic heterocycles. The van der Waals surface area contributed by atoms with Crippen molar-refractivity contribution in [1.82, 2.24) is 4.98 Å². The molecule has 0 saturated carbocycles. The SMILES string of the molecule is COc1cc(C(=O)Nc2ccnc(C)c2)c(Br)c(OC)c1OC. The van der Waals surface area contributed by atoms with E-state index in [4.69, 9.17) is 14.2 Å². The minimum Gasteiger partial charge on any atom is -0.493 e. The van der Waals surface area contributed by atoms with E-state index < -0.39 is 0 Å². The average molecular weight is 381 g/mol. The molecule has 1 aromatic heterocycles. The third-order valence-corrected chi connectivity index (χ3v) is 3.96. The van der Waals surface area contributed by atoms with Crippen molar-refractivity contribution in [3.05, 3.63) is 40.1 Å². The quantitative estimate of drug-likeness (QED) is 0.860. The number of aromatic nitrogens is 1. The predicted molar refractivity (Wildman–Crippen MR) is 90.7 cm³/mol. The van der Waals surface area contributed by atoms with Crippen LogP contribution in [0.3, 0.4) is 0 Å². The highest BCUT2D eigenvalue weighted by Gasteiger charge is 2.22. The zero-order chi connectivity index (χ0) is 17.0. The summed E-state index contributed by atoms with van der Waals surface area (Å²) in [5.41, 5.74) is 1.84. The number of nitrogens with zero attached hydrogens (tertiary/aromatic N) is 1. The molecule has 1 N–H and O–H groups in total. The van der Waals surface area contributed by atoms with Crippen molar-refractivity contribution in [2.24, 2.45) is 0 Å². The number of benzene rings is 1. The molecule has 0 radical (unpaired) electrons. The second-order valence-corrected chi connectivity index (χ2v) is 5.44. The highest BCUT2D eigenvalue weighted by molar-refractivity contribution is 9.10. The van der Waals surface area contributed by atoms with Gasteiger partial charge in [-0.1, -0.05) is 0 Å². The van der Waals surface area contributed by atoms with Crippen LogP contribution in [-0.2, 0) is 0 Å². The maximum absolute atomic E-state index is 12.6. The van der Waals surface area contributed by atoms with Crippen LogP contribution in [0.15, 0.2) is 28.9 Å². The lowest BCUT2D eigenvalue weighted by molar-refractivity contribution is 0.102. The van der Waals surface area contributed by atoms with Gasteiger partial charge in [-0.05, 0) is 41.1 Å². The lowest BCUT2D eigenvalue weighted by Gasteiger charge is -2.16. The Morgan fingerprint density at radius 3 is 2.39 bits per heavy atom. The van der Waals surface area contributed by atoms with Crippen LogP contribution in [-0.4, -0.2) is 32.2 Å². The number of nitrogens with one attached hydrogen (secondary N) is 1. The molecule has 1 heterocycles. The molecule has 0 spiro atoms. The van der Waals surface area contributed by atoms with E-state index in [0.29, 0.717) is 33.0 Å². The van der Waals surface area contributed by atoms with Crippen LogP contribution < -0.4 is 19.5 Å². The van der Waals surface area contributed by atoms with Crippen LogP contribution in [0.4, 0.5) is 5.69 Å². The van der Waals surface area contributed by atoms with E-state index in [9.17, 15) is 4.79 Å². The van der Waals surface area contributed by atoms with E-state index in [1.165, 1.54) is 21.3 Å². The number of ether oxygens (including phenoxy) is 3. The van der Waals surface area contributed by atoms with Crippen LogP contribution >= 0.6 is 15.9 Å². The van der Waals surface area contributed by atoms with Crippen molar-refractivity contribution in [3.63, 3.8) is 0 Å². The molecule has 0 saturated heterocycles. The van der Waals surface area contributed by atoms with Crippen LogP contribution in [0.2, 0.25) is 0 Å². The Hall–Kier alpha value is -2.28. The Kier molecular flexibility index (Phi) is 5.44. The van der Waals surface area contributed by atoms with Gasteiger partial charge < -0.3 is 19.5 Å². The summed E-state index contributed by atoms with van der Waals surface area (Å²) in [6, 6.07) is 5.09. The van der Waals surface area contributed by atoms with E-state index in [2.05, 4.69) is 26.2 Å². The third-order valence-electron chi connectivity index (χ3n) is 3.17. The van der Waals surface area contributed by atoms with Crippen molar-refractivity contribution in [2.75, 3.05) is 26.6 Å². The first-order valence-corrected chi connectivity index (χ1v) is 7.53. The van der Waals surface area contributed by atoms with E-state index in [1.54, 1.807) is 24.4 Å². The summed E-state index contributed by atoms with van der Waals surface area (Å²) in [4.78, 5) is 16.7. The van der Waals surface area contributed by atoms with Gasteiger partial charge >= 0.3 is 0 Å². The maximum atomic E-state index is 12.6. The summed E-state index contributed by atoms with van der Waals surface area (Å²) < 4.78 is 16.4. The zero-order valence-electron chi connectivity index (χ0n) is 13.3. The van der Waals surface area contributed by atoms with Crippen LogP contribution in [0, 0.1) is 6.92 Å². The first-order chi connectivity index (χ1) is 11.0. The molecule has 1 aromatic carbocycles. The highest BCUT2D eigenvalue weighted by Crippen LogP contribution is 2.44. The molecule has 6 nitrogen and oxygen atoms in total. The number of amides is 1. The van der Waals surface area contributed by atoms with Crippen molar-refractivity contribution < 1.29 is 19.0 Å². The number of carbonyl (C=O) groups is 1. The van der Waals surface area contributed by atoms with Crippen molar-refractivity contribution >= 4 is 27.5 Å². The fourth-order valence-electron chi connectivity index (χ4n) is 2.11. The zero-order valence-corrected chi connectivity index (χ0v) is 14.9. The van der Waals surface area contributed by atoms with Gasteiger partial charge in [-0.15, -0.1) is 0 Å². The lowest BCUT2D eigenvalue weighted by atomic mass is 10.1. The Morgan fingerprint density at radius 2 is 1.83 bits per heavy atom. The number of aryl methyl sites for hydroxylation is 1. The average Bonchev–Trinajstić information content (AvgIpc) is 2.54. The number of carbonyl (C=O) groups excluding carboxylic acids is 1. The van der Waals surface area contributed by atoms with Gasteiger partial charge in [-0.25, -0.2) is 0 Å². The molecule has 0 aliphatic carbocycles. The van der Waals surface area contributed by atoms with Gasteiger partial charge in [0.25, 0.3) is 5.91 Å². The molecule has 0 bridgehead atoms. The Balaban J connectivity index is 2.44. The fraction of sp³-hybridized carbons (Fsp3) is 0.250. The van der Waals surface area contributed by atoms with Gasteiger partial charge in [0.05, 0.1) is 31.4 Å². The van der Waals surface area contributed by atoms with Crippen molar-refractivity contribution in [3.8, 4) is 17.2 Å². The molecule has 2 aromatic rings. The van der Waals surface area contributed by atoms with Crippen LogP contribution in [0.5, 0.6) is 17.2 Å². The number of anilines is 1. The topological polar surface area (TPSA) is 69.7 Å². The van der Waals surface area contributed by atoms with E-state index in [1.807, 2.05) is 6.92 Å². The molecule has 23 heavy (non-hydrogen) atoms. The molecule has 0 unspecified atom stereocenters. The van der Waals surface area contributed by atoms with Gasteiger partial charge in [0.1, 0.15) is 0 Å². The van der Waals surface area contributed by atoms with Crippen molar-refractivity contribution in [1.29, 1.82) is 0 Å². The second kappa shape index (κ2) is 7.32. The van der Waals surface area contributed by atoms with E-state index >= 15 is 0 Å². The Bertz CT molecular complexity index is 734. The molecule has 0 fully saturated rings. The largest absolute Gasteiger partial charge is 0.493 e. The molecular weight excluding hydrogens is 364 g/mol. The van der Waals surface area contributed by atoms with Gasteiger partial charge in [-0.3, -0.25) is 9.78 Å². The summed E-state index contributed by atoms with van der Waals surface area (Å²) in [5, 5.41) is 2.82. The fourth-order valence-corrected chi connectivity index (χ4v) is 2.74. The molecule has 122 valence electrons. The number of pyridine rings is 1. The lowest BCUT2D eigenvalue weighted by Crippen LogP contribution is -2.14. The molecule has 2 rings (SSSR count). The monoisotopic (exact) mass is 380 g/mol. The summed E-state index contributed by atoms with van der Waals surface area (Å²) in [7, 11) is 4.50. The van der Waals surface area contributed by atoms with Gasteiger partial charge in [-0.2, -0.15) is 0 Å². The molecule has 0 atom stereocenters. The molecule has 0 aliphatic rings. The van der Waals surface area contributed by atoms with E-state index in [0.717, 1.165) is 5.69 Å². The summed E-state index contributed by atoms with van der Waals surface area (Å²) in [6.45, 7) is 1.85. The first-order valence-electron chi connectivity index (χ1n) is 6.74. The Labute approximate surface area is 142 Å². The molecular formula is C16H17BrN2O4. The van der Waals surface area contributed by atoms with Gasteiger partial charge in [0.2, 0.25) is 5.75 Å². The van der Waals surface area contributed by atoms with Crippen LogP contribution in [0.1, 0.15) is 16.1 Å². The summed E-state index contributed by atoms with van der Waals surface area (Å²) in [5.74, 6) is 0.909. The predicted octanol–water partition coefficient (Wildman–Crippen LogP) is 3.43. The molecule has 1 amide bonds. The minimum absolute atomic E-state index is 0.304. The second-order valence-electron chi connectivity index (χ2n) is 4.65. The highest BCUT2D eigenvalue weighted by atomic mass is 79.9. The minimum atomic E-state index is -0.304. The number of hydrogen-bond acceptors (Lipinski definition) is 5. The number of halogens is 1. The standard InChI is InChI=1S/C16H17BrN2O4/c1-9-7-10(5-6-18-9)19-16(20)11-8-12(21-2)14(22-3)15(23-4)13(11)17/h5-8H,1-4H3,(H,18,19,20). The number of methoxy groups -OCH3 is 3. The third kappa shape index (κ3) is 3.56. The number of hydrogen-bond donors (Lipinski definition) is 1. The summed E-state index contributed by atoms with van der Waals surface area (Å²) >= 11 is 3.39. The summed E-state index contributed by atoms with van der Waals surface area (Å²) in [6.07, 6.45) is 1.63. The van der Waals surface area contributed by atoms with Crippen molar-refractivity contribution in [2.45, 2.75) is 6.92 Å². The molecule has 7 heteroatoms. The van der Waals surface area contributed by atoms with E-state index in [-0.39, 0.29) is 5.91 Å². The van der Waals surface area contributed by atoms with Gasteiger partial charge in [0, 0.05) is 17.6 Å². The van der Waals surface area contributed by atoms with Gasteiger partial charge in [0.15, 0.2) is 11.5 Å². The smallest absolute Gasteiger partial charge is 0.257 e. The van der Waals surface area contributed by atoms with Crippen LogP contribution in [0.25, 0.3) is 0 Å². The Morgan fingerprint density at radius 1 is 1.13 bits per heavy atom.